The molecule has 1 amide bonds. The van der Waals surface area contributed by atoms with Gasteiger partial charge in [-0.2, -0.15) is 0 Å². The molecule has 0 bridgehead atoms. The third-order valence-electron chi connectivity index (χ3n) is 4.29. The third-order valence-corrected chi connectivity index (χ3v) is 4.29. The predicted molar refractivity (Wildman–Crippen MR) is 106 cm³/mol. The van der Waals surface area contributed by atoms with Gasteiger partial charge in [0.2, 0.25) is 5.91 Å². The smallest absolute Gasteiger partial charge is 0.226 e. The van der Waals surface area contributed by atoms with E-state index in [-0.39, 0.29) is 11.9 Å². The standard InChI is InChI=1S/C22H24N2O3/c1-3-27-19-11-9-18(10-12-19)23-22(25)16-21(24-13-4-5-14-24)17-7-6-8-20(15-17)26-2/h4-15,21H,3,16H2,1-2H3,(H,23,25)/t21-/m0/s1. The number of hydrogen-bond donors (Lipinski definition) is 1. The number of rotatable bonds is 8. The number of nitrogens with one attached hydrogen (secondary N) is 1. The van der Waals surface area contributed by atoms with Gasteiger partial charge in [-0.3, -0.25) is 4.79 Å². The summed E-state index contributed by atoms with van der Waals surface area (Å²) in [6, 6.07) is 19.0. The van der Waals surface area contributed by atoms with Gasteiger partial charge in [0.05, 0.1) is 26.2 Å². The van der Waals surface area contributed by atoms with Crippen LogP contribution in [0.1, 0.15) is 24.9 Å². The van der Waals surface area contributed by atoms with Gasteiger partial charge in [-0.1, -0.05) is 12.1 Å². The van der Waals surface area contributed by atoms with Crippen molar-refractivity contribution in [2.24, 2.45) is 0 Å². The summed E-state index contributed by atoms with van der Waals surface area (Å²) in [6.07, 6.45) is 4.25. The van der Waals surface area contributed by atoms with Gasteiger partial charge in [0, 0.05) is 18.1 Å². The minimum Gasteiger partial charge on any atom is -0.497 e. The third kappa shape index (κ3) is 4.91. The fourth-order valence-corrected chi connectivity index (χ4v) is 2.99. The zero-order chi connectivity index (χ0) is 19.1. The summed E-state index contributed by atoms with van der Waals surface area (Å²) in [5, 5.41) is 2.96. The lowest BCUT2D eigenvalue weighted by Gasteiger charge is -2.20. The number of ether oxygens (including phenoxy) is 2. The topological polar surface area (TPSA) is 52.5 Å². The minimum atomic E-state index is -0.113. The van der Waals surface area contributed by atoms with Crippen molar-refractivity contribution in [3.63, 3.8) is 0 Å². The Labute approximate surface area is 159 Å². The summed E-state index contributed by atoms with van der Waals surface area (Å²) in [6.45, 7) is 2.56. The highest BCUT2D eigenvalue weighted by Crippen LogP contribution is 2.26. The number of amides is 1. The van der Waals surface area contributed by atoms with Crippen molar-refractivity contribution >= 4 is 11.6 Å². The summed E-state index contributed by atoms with van der Waals surface area (Å²) >= 11 is 0. The summed E-state index contributed by atoms with van der Waals surface area (Å²) < 4.78 is 12.8. The van der Waals surface area contributed by atoms with Crippen LogP contribution in [0.25, 0.3) is 0 Å². The molecule has 1 aromatic heterocycles. The van der Waals surface area contributed by atoms with Crippen LogP contribution in [0.4, 0.5) is 5.69 Å². The van der Waals surface area contributed by atoms with Gasteiger partial charge in [-0.25, -0.2) is 0 Å². The molecule has 1 heterocycles. The van der Waals surface area contributed by atoms with Crippen molar-refractivity contribution in [3.05, 3.63) is 78.6 Å². The number of anilines is 1. The molecule has 27 heavy (non-hydrogen) atoms. The van der Waals surface area contributed by atoms with E-state index in [1.54, 1.807) is 7.11 Å². The Kier molecular flexibility index (Phi) is 6.15. The van der Waals surface area contributed by atoms with E-state index < -0.39 is 0 Å². The molecule has 0 spiro atoms. The van der Waals surface area contributed by atoms with Crippen LogP contribution in [0.3, 0.4) is 0 Å². The maximum absolute atomic E-state index is 12.7. The first-order valence-corrected chi connectivity index (χ1v) is 8.98. The average molecular weight is 364 g/mol. The number of aromatic nitrogens is 1. The van der Waals surface area contributed by atoms with Crippen molar-refractivity contribution in [1.82, 2.24) is 4.57 Å². The van der Waals surface area contributed by atoms with Crippen molar-refractivity contribution < 1.29 is 14.3 Å². The predicted octanol–water partition coefficient (Wildman–Crippen LogP) is 4.51. The molecule has 3 rings (SSSR count). The SMILES string of the molecule is CCOc1ccc(NC(=O)C[C@@H](c2cccc(OC)c2)n2cccc2)cc1. The van der Waals surface area contributed by atoms with E-state index in [0.717, 1.165) is 22.7 Å². The second-order valence-corrected chi connectivity index (χ2v) is 6.13. The number of carbonyl (C=O) groups is 1. The fourth-order valence-electron chi connectivity index (χ4n) is 2.99. The first-order valence-electron chi connectivity index (χ1n) is 8.98. The van der Waals surface area contributed by atoms with Crippen molar-refractivity contribution in [1.29, 1.82) is 0 Å². The number of hydrogen-bond acceptors (Lipinski definition) is 3. The van der Waals surface area contributed by atoms with E-state index in [0.29, 0.717) is 13.0 Å². The van der Waals surface area contributed by atoms with Crippen LogP contribution < -0.4 is 14.8 Å². The van der Waals surface area contributed by atoms with Gasteiger partial charge in [-0.15, -0.1) is 0 Å². The highest BCUT2D eigenvalue weighted by Gasteiger charge is 2.18. The van der Waals surface area contributed by atoms with E-state index >= 15 is 0 Å². The van der Waals surface area contributed by atoms with E-state index in [1.165, 1.54) is 0 Å². The first-order chi connectivity index (χ1) is 13.2. The van der Waals surface area contributed by atoms with Gasteiger partial charge < -0.3 is 19.4 Å². The zero-order valence-electron chi connectivity index (χ0n) is 15.6. The summed E-state index contributed by atoms with van der Waals surface area (Å²) in [5.41, 5.74) is 1.77. The minimum absolute atomic E-state index is 0.0549. The molecule has 0 aliphatic heterocycles. The molecule has 0 aliphatic rings. The number of carbonyl (C=O) groups excluding carboxylic acids is 1. The molecule has 5 nitrogen and oxygen atoms in total. The maximum Gasteiger partial charge on any atom is 0.226 e. The first kappa shape index (κ1) is 18.6. The molecule has 1 atom stereocenters. The Balaban J connectivity index is 1.74. The second-order valence-electron chi connectivity index (χ2n) is 6.13. The van der Waals surface area contributed by atoms with Crippen LogP contribution >= 0.6 is 0 Å². The fraction of sp³-hybridized carbons (Fsp3) is 0.227. The Bertz CT molecular complexity index is 858. The molecule has 0 fully saturated rings. The summed E-state index contributed by atoms with van der Waals surface area (Å²) in [5.74, 6) is 1.51. The van der Waals surface area contributed by atoms with Gasteiger partial charge in [-0.05, 0) is 61.0 Å². The number of benzene rings is 2. The Hall–Kier alpha value is -3.21. The van der Waals surface area contributed by atoms with Crippen molar-refractivity contribution in [2.75, 3.05) is 19.0 Å². The molecule has 5 heteroatoms. The van der Waals surface area contributed by atoms with Crippen LogP contribution in [-0.2, 0) is 4.79 Å². The van der Waals surface area contributed by atoms with Crippen LogP contribution in [-0.4, -0.2) is 24.2 Å². The van der Waals surface area contributed by atoms with Crippen LogP contribution in [0.15, 0.2) is 73.1 Å². The maximum atomic E-state index is 12.7. The normalized spacial score (nSPS) is 11.6. The van der Waals surface area contributed by atoms with Crippen LogP contribution in [0.2, 0.25) is 0 Å². The second kappa shape index (κ2) is 8.94. The molecule has 2 aromatic carbocycles. The summed E-state index contributed by atoms with van der Waals surface area (Å²) in [4.78, 5) is 12.7. The van der Waals surface area contributed by atoms with E-state index in [1.807, 2.05) is 84.5 Å². The zero-order valence-corrected chi connectivity index (χ0v) is 15.6. The monoisotopic (exact) mass is 364 g/mol. The number of nitrogens with zero attached hydrogens (tertiary/aromatic N) is 1. The van der Waals surface area contributed by atoms with E-state index in [2.05, 4.69) is 5.32 Å². The summed E-state index contributed by atoms with van der Waals surface area (Å²) in [7, 11) is 1.64. The largest absolute Gasteiger partial charge is 0.497 e. The molecule has 0 radical (unpaired) electrons. The number of methoxy groups -OCH3 is 1. The van der Waals surface area contributed by atoms with Crippen molar-refractivity contribution in [3.8, 4) is 11.5 Å². The molecule has 3 aromatic rings. The van der Waals surface area contributed by atoms with Gasteiger partial charge in [0.1, 0.15) is 11.5 Å². The lowest BCUT2D eigenvalue weighted by atomic mass is 10.0. The lowest BCUT2D eigenvalue weighted by Crippen LogP contribution is -2.19. The Morgan fingerprint density at radius 3 is 2.44 bits per heavy atom. The molecule has 0 saturated heterocycles. The highest BCUT2D eigenvalue weighted by atomic mass is 16.5. The van der Waals surface area contributed by atoms with Gasteiger partial charge in [0.25, 0.3) is 0 Å². The molecule has 1 N–H and O–H groups in total. The van der Waals surface area contributed by atoms with Crippen LogP contribution in [0, 0.1) is 0 Å². The lowest BCUT2D eigenvalue weighted by molar-refractivity contribution is -0.116. The molecule has 0 aliphatic carbocycles. The van der Waals surface area contributed by atoms with Crippen molar-refractivity contribution in [2.45, 2.75) is 19.4 Å². The molecular weight excluding hydrogens is 340 g/mol. The molecular formula is C22H24N2O3. The van der Waals surface area contributed by atoms with Gasteiger partial charge >= 0.3 is 0 Å². The Morgan fingerprint density at radius 1 is 1.04 bits per heavy atom. The molecule has 140 valence electrons. The van der Waals surface area contributed by atoms with Crippen LogP contribution in [0.5, 0.6) is 11.5 Å². The quantitative estimate of drug-likeness (QED) is 0.640. The molecule has 0 unspecified atom stereocenters. The van der Waals surface area contributed by atoms with E-state index in [9.17, 15) is 4.79 Å². The van der Waals surface area contributed by atoms with Gasteiger partial charge in [0.15, 0.2) is 0 Å². The average Bonchev–Trinajstić information content (AvgIpc) is 3.22. The van der Waals surface area contributed by atoms with E-state index in [4.69, 9.17) is 9.47 Å². The Morgan fingerprint density at radius 2 is 1.78 bits per heavy atom. The highest BCUT2D eigenvalue weighted by molar-refractivity contribution is 5.91. The molecule has 0 saturated carbocycles.